The largest absolute Gasteiger partial charge is 0.452 e. The molecule has 0 fully saturated rings. The third kappa shape index (κ3) is 5.82. The van der Waals surface area contributed by atoms with Gasteiger partial charge in [-0.1, -0.05) is 55.5 Å². The number of benzene rings is 2. The van der Waals surface area contributed by atoms with Crippen LogP contribution in [0.1, 0.15) is 12.5 Å². The fraction of sp³-hybridized carbons (Fsp3) is 0.235. The lowest BCUT2D eigenvalue weighted by Crippen LogP contribution is -2.25. The molecule has 4 nitrogen and oxygen atoms in total. The van der Waals surface area contributed by atoms with Gasteiger partial charge in [0, 0.05) is 19.8 Å². The van der Waals surface area contributed by atoms with Crippen molar-refractivity contribution in [2.24, 2.45) is 0 Å². The van der Waals surface area contributed by atoms with Crippen LogP contribution in [0.4, 0.5) is 9.18 Å². The standard InChI is InChI=1S/C17H20FN2O2PS2/c1-3-23(24,22-16-12-8-5-9-13-16)20(25-19(2)17(18)21)14-15-10-6-4-7-11-15/h4-13H,3,14H2,1-2H3. The number of para-hydroxylation sites is 1. The number of hydrogen-bond donors (Lipinski definition) is 0. The molecular formula is C17H20FN2O2PS2. The second kappa shape index (κ2) is 9.34. The third-order valence-electron chi connectivity index (χ3n) is 3.36. The molecular weight excluding hydrogens is 378 g/mol. The van der Waals surface area contributed by atoms with Gasteiger partial charge in [0.15, 0.2) is 6.42 Å². The summed E-state index contributed by atoms with van der Waals surface area (Å²) in [5.74, 6) is 0.667. The first-order valence-electron chi connectivity index (χ1n) is 7.71. The molecule has 25 heavy (non-hydrogen) atoms. The second-order valence-corrected chi connectivity index (χ2v) is 10.9. The number of rotatable bonds is 8. The van der Waals surface area contributed by atoms with E-state index in [-0.39, 0.29) is 0 Å². The van der Waals surface area contributed by atoms with E-state index in [2.05, 4.69) is 0 Å². The summed E-state index contributed by atoms with van der Waals surface area (Å²) >= 11 is 6.80. The first-order chi connectivity index (χ1) is 11.9. The fourth-order valence-electron chi connectivity index (χ4n) is 2.02. The molecule has 1 unspecified atom stereocenters. The Morgan fingerprint density at radius 3 is 2.24 bits per heavy atom. The van der Waals surface area contributed by atoms with Gasteiger partial charge < -0.3 is 4.52 Å². The molecule has 0 N–H and O–H groups in total. The van der Waals surface area contributed by atoms with Gasteiger partial charge in [-0.3, -0.25) is 0 Å². The number of halogens is 1. The van der Waals surface area contributed by atoms with Crippen LogP contribution in [0.5, 0.6) is 5.75 Å². The number of carbonyl (C=O) groups is 1. The smallest absolute Gasteiger partial charge is 0.410 e. The van der Waals surface area contributed by atoms with Gasteiger partial charge in [0.1, 0.15) is 5.75 Å². The van der Waals surface area contributed by atoms with Gasteiger partial charge in [0.05, 0.1) is 12.1 Å². The zero-order chi connectivity index (χ0) is 18.3. The van der Waals surface area contributed by atoms with Crippen LogP contribution >= 0.6 is 18.5 Å². The zero-order valence-electron chi connectivity index (χ0n) is 14.0. The van der Waals surface area contributed by atoms with E-state index in [0.717, 1.165) is 22.0 Å². The molecule has 0 aliphatic carbocycles. The van der Waals surface area contributed by atoms with Crippen LogP contribution in [0.15, 0.2) is 60.7 Å². The first kappa shape index (κ1) is 19.9. The Morgan fingerprint density at radius 2 is 1.72 bits per heavy atom. The molecule has 1 atom stereocenters. The Labute approximate surface area is 157 Å². The number of amides is 1. The van der Waals surface area contributed by atoms with Crippen LogP contribution in [0, 0.1) is 0 Å². The molecule has 2 aromatic rings. The minimum Gasteiger partial charge on any atom is -0.452 e. The highest BCUT2D eigenvalue weighted by Gasteiger charge is 2.30. The van der Waals surface area contributed by atoms with E-state index in [4.69, 9.17) is 16.3 Å². The Hall–Kier alpha value is -1.40. The average Bonchev–Trinajstić information content (AvgIpc) is 2.62. The van der Waals surface area contributed by atoms with Crippen molar-refractivity contribution in [1.82, 2.24) is 8.38 Å². The van der Waals surface area contributed by atoms with Crippen molar-refractivity contribution in [3.8, 4) is 5.75 Å². The van der Waals surface area contributed by atoms with Crippen molar-refractivity contribution >= 4 is 36.5 Å². The van der Waals surface area contributed by atoms with Crippen LogP contribution < -0.4 is 4.52 Å². The Kier molecular flexibility index (Phi) is 7.44. The molecule has 0 aliphatic heterocycles. The molecule has 0 saturated carbocycles. The lowest BCUT2D eigenvalue weighted by atomic mass is 10.2. The number of hydrogen-bond acceptors (Lipinski definition) is 4. The van der Waals surface area contributed by atoms with Crippen molar-refractivity contribution in [3.05, 3.63) is 66.2 Å². The van der Waals surface area contributed by atoms with Crippen LogP contribution in [-0.4, -0.2) is 27.8 Å². The van der Waals surface area contributed by atoms with E-state index < -0.39 is 12.6 Å². The van der Waals surface area contributed by atoms with E-state index in [9.17, 15) is 9.18 Å². The molecule has 0 aliphatic rings. The van der Waals surface area contributed by atoms with Crippen molar-refractivity contribution < 1.29 is 13.7 Å². The molecule has 0 spiro atoms. The number of nitrogens with zero attached hydrogens (tertiary/aromatic N) is 2. The van der Waals surface area contributed by atoms with Crippen molar-refractivity contribution in [2.75, 3.05) is 13.2 Å². The summed E-state index contributed by atoms with van der Waals surface area (Å²) in [6.07, 6.45) is -3.47. The molecule has 0 aromatic heterocycles. The predicted molar refractivity (Wildman–Crippen MR) is 106 cm³/mol. The topological polar surface area (TPSA) is 32.8 Å². The highest BCUT2D eigenvalue weighted by Crippen LogP contribution is 2.55. The van der Waals surface area contributed by atoms with Gasteiger partial charge in [-0.2, -0.15) is 4.08 Å². The highest BCUT2D eigenvalue weighted by molar-refractivity contribution is 8.16. The van der Waals surface area contributed by atoms with E-state index >= 15 is 0 Å². The van der Waals surface area contributed by atoms with Gasteiger partial charge in [-0.25, -0.2) is 9.10 Å². The summed E-state index contributed by atoms with van der Waals surface area (Å²) in [4.78, 5) is 11.1. The monoisotopic (exact) mass is 398 g/mol. The van der Waals surface area contributed by atoms with Gasteiger partial charge in [-0.05, 0) is 29.5 Å². The van der Waals surface area contributed by atoms with Crippen molar-refractivity contribution in [3.63, 3.8) is 0 Å². The fourth-order valence-corrected chi connectivity index (χ4v) is 5.86. The Bertz CT molecular complexity index is 734. The molecule has 2 aromatic carbocycles. The number of carbonyl (C=O) groups excluding carboxylic acids is 1. The third-order valence-corrected chi connectivity index (χ3v) is 9.09. The van der Waals surface area contributed by atoms with Crippen LogP contribution in [0.25, 0.3) is 0 Å². The summed E-state index contributed by atoms with van der Waals surface area (Å²) in [5.41, 5.74) is 1.01. The van der Waals surface area contributed by atoms with E-state index in [1.165, 1.54) is 7.05 Å². The minimum absolute atomic E-state index is 0.446. The lowest BCUT2D eigenvalue weighted by molar-refractivity contribution is 0.209. The molecule has 2 rings (SSSR count). The van der Waals surface area contributed by atoms with E-state index in [1.54, 1.807) is 0 Å². The van der Waals surface area contributed by atoms with Crippen LogP contribution in [0.3, 0.4) is 0 Å². The molecule has 0 heterocycles. The van der Waals surface area contributed by atoms with Gasteiger partial charge in [-0.15, -0.1) is 4.39 Å². The quantitative estimate of drug-likeness (QED) is 0.254. The maximum atomic E-state index is 13.1. The van der Waals surface area contributed by atoms with E-state index in [0.29, 0.717) is 18.5 Å². The predicted octanol–water partition coefficient (Wildman–Crippen LogP) is 5.48. The van der Waals surface area contributed by atoms with E-state index in [1.807, 2.05) is 71.7 Å². The zero-order valence-corrected chi connectivity index (χ0v) is 16.6. The summed E-state index contributed by atoms with van der Waals surface area (Å²) in [6, 6.07) is 19.0. The summed E-state index contributed by atoms with van der Waals surface area (Å²) in [7, 11) is 1.38. The maximum absolute atomic E-state index is 13.1. The molecule has 134 valence electrons. The SMILES string of the molecule is CCP(=S)(Oc1ccccc1)N(Cc1ccccc1)SN(C)C(=O)F. The Morgan fingerprint density at radius 1 is 1.16 bits per heavy atom. The van der Waals surface area contributed by atoms with Crippen LogP contribution in [0.2, 0.25) is 0 Å². The summed E-state index contributed by atoms with van der Waals surface area (Å²) in [5, 5.41) is 0. The molecule has 8 heteroatoms. The Balaban J connectivity index is 2.29. The van der Waals surface area contributed by atoms with Gasteiger partial charge >= 0.3 is 6.16 Å². The molecule has 0 bridgehead atoms. The van der Waals surface area contributed by atoms with Crippen molar-refractivity contribution in [1.29, 1.82) is 0 Å². The average molecular weight is 398 g/mol. The lowest BCUT2D eigenvalue weighted by Gasteiger charge is -2.34. The van der Waals surface area contributed by atoms with Gasteiger partial charge in [0.25, 0.3) is 0 Å². The summed E-state index contributed by atoms with van der Waals surface area (Å²) in [6.45, 7) is 2.39. The normalized spacial score (nSPS) is 13.3. The summed E-state index contributed by atoms with van der Waals surface area (Å²) < 4.78 is 22.0. The second-order valence-electron chi connectivity index (χ2n) is 5.19. The minimum atomic E-state index is -2.52. The molecule has 0 saturated heterocycles. The van der Waals surface area contributed by atoms with Gasteiger partial charge in [0.2, 0.25) is 0 Å². The van der Waals surface area contributed by atoms with Crippen molar-refractivity contribution in [2.45, 2.75) is 13.5 Å². The molecule has 1 amide bonds. The molecule has 0 radical (unpaired) electrons. The van der Waals surface area contributed by atoms with Crippen LogP contribution in [-0.2, 0) is 18.4 Å². The maximum Gasteiger partial charge on any atom is 0.410 e. The first-order valence-corrected chi connectivity index (χ1v) is 11.3. The highest BCUT2D eigenvalue weighted by atomic mass is 32.5.